The number of fused-ring (bicyclic) bond motifs is 1. The van der Waals surface area contributed by atoms with Gasteiger partial charge in [0.2, 0.25) is 5.95 Å². The lowest BCUT2D eigenvalue weighted by atomic mass is 9.92. The summed E-state index contributed by atoms with van der Waals surface area (Å²) in [5.41, 5.74) is 2.67. The number of piperidine rings is 1. The van der Waals surface area contributed by atoms with Crippen molar-refractivity contribution in [2.24, 2.45) is 11.8 Å². The first-order valence-electron chi connectivity index (χ1n) is 13.0. The van der Waals surface area contributed by atoms with Crippen molar-refractivity contribution in [1.82, 2.24) is 19.9 Å². The van der Waals surface area contributed by atoms with Gasteiger partial charge in [0, 0.05) is 43.0 Å². The molecule has 3 aliphatic rings. The van der Waals surface area contributed by atoms with E-state index in [1.54, 1.807) is 6.08 Å². The quantitative estimate of drug-likeness (QED) is 0.562. The zero-order chi connectivity index (χ0) is 26.7. The second kappa shape index (κ2) is 11.0. The Balaban J connectivity index is 1.20. The molecule has 3 heterocycles. The fraction of sp³-hybridized carbons (Fsp3) is 0.429. The highest BCUT2D eigenvalue weighted by Gasteiger charge is 2.38. The zero-order valence-corrected chi connectivity index (χ0v) is 20.9. The molecular formula is C28H30F3N5O2. The number of nitrogens with one attached hydrogen (secondary N) is 1. The summed E-state index contributed by atoms with van der Waals surface area (Å²) < 4.78 is 39.4. The van der Waals surface area contributed by atoms with Crippen LogP contribution in [0.2, 0.25) is 0 Å². The number of hydrogen-bond donors (Lipinski definition) is 2. The van der Waals surface area contributed by atoms with Gasteiger partial charge in [0.15, 0.2) is 0 Å². The first kappa shape index (κ1) is 25.9. The first-order chi connectivity index (χ1) is 18.3. The summed E-state index contributed by atoms with van der Waals surface area (Å²) in [6, 6.07) is 0. The highest BCUT2D eigenvalue weighted by atomic mass is 19.4. The lowest BCUT2D eigenvalue weighted by Gasteiger charge is -2.32. The number of nitrogens with zero attached hydrogens (tertiary/aromatic N) is 4. The van der Waals surface area contributed by atoms with Gasteiger partial charge in [-0.2, -0.15) is 13.2 Å². The maximum absolute atomic E-state index is 13.1. The molecule has 2 aromatic heterocycles. The third-order valence-corrected chi connectivity index (χ3v) is 7.38. The van der Waals surface area contributed by atoms with E-state index in [9.17, 15) is 18.0 Å². The smallest absolute Gasteiger partial charge is 0.395 e. The molecule has 0 spiro atoms. The summed E-state index contributed by atoms with van der Waals surface area (Å²) in [6.07, 6.45) is 14.5. The third kappa shape index (κ3) is 6.06. The van der Waals surface area contributed by atoms with Crippen LogP contribution in [-0.4, -0.2) is 50.3 Å². The fourth-order valence-electron chi connectivity index (χ4n) is 5.17. The van der Waals surface area contributed by atoms with Crippen molar-refractivity contribution in [2.75, 3.05) is 18.0 Å². The Morgan fingerprint density at radius 1 is 1.08 bits per heavy atom. The van der Waals surface area contributed by atoms with Gasteiger partial charge in [-0.05, 0) is 56.1 Å². The highest BCUT2D eigenvalue weighted by Crippen LogP contribution is 2.31. The lowest BCUT2D eigenvalue weighted by Crippen LogP contribution is -2.34. The molecule has 1 aliphatic heterocycles. The summed E-state index contributed by atoms with van der Waals surface area (Å²) in [5.74, 6) is -0.432. The molecule has 7 nitrogen and oxygen atoms in total. The number of allylic oxidation sites excluding steroid dienone is 6. The standard InChI is InChI=1S/C28H30F3N5O2/c29-28(30,31)22-9-10-23-24(15-22)35-26(34-23)20-5-2-4-19(7-8-20)21-16-32-27(33-17-21)36-13-11-18(12-14-36)3-1-6-25(37)38/h4-5,7-8,10,15-18,22H,1-3,6,9,11-14H2,(H,34,35)(H,37,38). The average molecular weight is 526 g/mol. The molecule has 38 heavy (non-hydrogen) atoms. The van der Waals surface area contributed by atoms with Gasteiger partial charge in [0.25, 0.3) is 0 Å². The van der Waals surface area contributed by atoms with Crippen molar-refractivity contribution < 1.29 is 23.1 Å². The van der Waals surface area contributed by atoms with Crippen LogP contribution in [-0.2, 0) is 4.79 Å². The predicted octanol–water partition coefficient (Wildman–Crippen LogP) is 4.24. The molecule has 1 saturated heterocycles. The minimum atomic E-state index is -4.27. The van der Waals surface area contributed by atoms with Crippen molar-refractivity contribution in [2.45, 2.75) is 51.1 Å². The van der Waals surface area contributed by atoms with E-state index in [-0.39, 0.29) is 12.8 Å². The van der Waals surface area contributed by atoms with E-state index >= 15 is 0 Å². The average Bonchev–Trinajstić information content (AvgIpc) is 3.17. The zero-order valence-electron chi connectivity index (χ0n) is 20.9. The van der Waals surface area contributed by atoms with Gasteiger partial charge >= 0.3 is 12.1 Å². The Hall–Kier alpha value is -3.69. The molecule has 10 heteroatoms. The van der Waals surface area contributed by atoms with E-state index < -0.39 is 18.1 Å². The van der Waals surface area contributed by atoms with Crippen LogP contribution in [0.25, 0.3) is 23.3 Å². The van der Waals surface area contributed by atoms with Gasteiger partial charge in [0.1, 0.15) is 5.82 Å². The number of aromatic amines is 1. The number of aromatic nitrogens is 4. The summed E-state index contributed by atoms with van der Waals surface area (Å²) in [4.78, 5) is 29.6. The summed E-state index contributed by atoms with van der Waals surface area (Å²) >= 11 is 0. The number of anilines is 1. The summed E-state index contributed by atoms with van der Waals surface area (Å²) in [7, 11) is 0. The van der Waals surface area contributed by atoms with Crippen LogP contribution in [0.4, 0.5) is 19.1 Å². The van der Waals surface area contributed by atoms with Crippen LogP contribution < -0.4 is 15.6 Å². The van der Waals surface area contributed by atoms with Crippen molar-refractivity contribution in [3.05, 3.63) is 58.8 Å². The van der Waals surface area contributed by atoms with E-state index in [1.807, 2.05) is 30.6 Å². The molecule has 2 N–H and O–H groups in total. The number of imidazole rings is 1. The third-order valence-electron chi connectivity index (χ3n) is 7.38. The molecule has 5 rings (SSSR count). The van der Waals surface area contributed by atoms with Gasteiger partial charge in [0.05, 0.1) is 16.6 Å². The number of alkyl halides is 3. The number of aliphatic carboxylic acids is 1. The summed E-state index contributed by atoms with van der Waals surface area (Å²) in [5, 5.41) is 9.79. The van der Waals surface area contributed by atoms with Crippen LogP contribution >= 0.6 is 0 Å². The Bertz CT molecular complexity index is 1380. The predicted molar refractivity (Wildman–Crippen MR) is 139 cm³/mol. The van der Waals surface area contributed by atoms with Gasteiger partial charge < -0.3 is 15.0 Å². The Kier molecular flexibility index (Phi) is 7.49. The number of carbonyl (C=O) groups is 1. The van der Waals surface area contributed by atoms with E-state index in [0.717, 1.165) is 55.5 Å². The molecule has 1 fully saturated rings. The SMILES string of the molecule is O=C(O)CCCC1CCN(c2ncc(C3=CCC=C(c4nc5c([nH]4)=CC(C(F)(F)F)CC=5)C=C3)cn2)CC1. The van der Waals surface area contributed by atoms with E-state index in [2.05, 4.69) is 30.9 Å². The number of carboxylic acids is 1. The van der Waals surface area contributed by atoms with Crippen LogP contribution in [0.15, 0.2) is 36.7 Å². The molecule has 0 saturated carbocycles. The van der Waals surface area contributed by atoms with Gasteiger partial charge in [-0.1, -0.05) is 30.4 Å². The molecule has 1 unspecified atom stereocenters. The van der Waals surface area contributed by atoms with Gasteiger partial charge in [-0.25, -0.2) is 15.0 Å². The number of hydrogen-bond acceptors (Lipinski definition) is 5. The molecule has 2 aromatic rings. The second-order valence-corrected chi connectivity index (χ2v) is 10.0. The van der Waals surface area contributed by atoms with Crippen molar-refractivity contribution >= 4 is 35.2 Å². The summed E-state index contributed by atoms with van der Waals surface area (Å²) in [6.45, 7) is 1.72. The molecular weight excluding hydrogens is 495 g/mol. The van der Waals surface area contributed by atoms with Crippen LogP contribution in [0.3, 0.4) is 0 Å². The number of rotatable bonds is 7. The Morgan fingerprint density at radius 3 is 2.50 bits per heavy atom. The maximum Gasteiger partial charge on any atom is 0.395 e. The van der Waals surface area contributed by atoms with E-state index in [4.69, 9.17) is 5.11 Å². The number of carboxylic acid groups (broad SMARTS) is 1. The van der Waals surface area contributed by atoms with Crippen LogP contribution in [0.5, 0.6) is 0 Å². The molecule has 0 aromatic carbocycles. The topological polar surface area (TPSA) is 95.0 Å². The molecule has 1 atom stereocenters. The number of halogens is 3. The molecule has 0 radical (unpaired) electrons. The van der Waals surface area contributed by atoms with Crippen LogP contribution in [0, 0.1) is 11.8 Å². The maximum atomic E-state index is 13.1. The minimum Gasteiger partial charge on any atom is -0.481 e. The molecule has 200 valence electrons. The fourth-order valence-corrected chi connectivity index (χ4v) is 5.17. The normalized spacial score (nSPS) is 20.1. The van der Waals surface area contributed by atoms with Gasteiger partial charge in [-0.3, -0.25) is 4.79 Å². The van der Waals surface area contributed by atoms with Crippen molar-refractivity contribution in [3.63, 3.8) is 0 Å². The monoisotopic (exact) mass is 525 g/mol. The Labute approximate surface area is 218 Å². The highest BCUT2D eigenvalue weighted by molar-refractivity contribution is 5.81. The number of H-pyrrole nitrogens is 1. The van der Waals surface area contributed by atoms with Crippen molar-refractivity contribution in [1.29, 1.82) is 0 Å². The molecule has 2 aliphatic carbocycles. The van der Waals surface area contributed by atoms with Crippen LogP contribution in [0.1, 0.15) is 56.3 Å². The van der Waals surface area contributed by atoms with E-state index in [0.29, 0.717) is 34.8 Å². The van der Waals surface area contributed by atoms with E-state index in [1.165, 1.54) is 6.08 Å². The van der Waals surface area contributed by atoms with Gasteiger partial charge in [-0.15, -0.1) is 0 Å². The largest absolute Gasteiger partial charge is 0.481 e. The second-order valence-electron chi connectivity index (χ2n) is 10.0. The minimum absolute atomic E-state index is 0.0951. The van der Waals surface area contributed by atoms with Crippen molar-refractivity contribution in [3.8, 4) is 0 Å². The Morgan fingerprint density at radius 2 is 1.79 bits per heavy atom. The first-order valence-corrected chi connectivity index (χ1v) is 13.0. The molecule has 0 bridgehead atoms. The lowest BCUT2D eigenvalue weighted by molar-refractivity contribution is -0.155. The molecule has 0 amide bonds.